The quantitative estimate of drug-likeness (QED) is 0.0780. The molecule has 0 aromatic heterocycles. The van der Waals surface area contributed by atoms with E-state index in [0.717, 1.165) is 0 Å². The molecule has 0 saturated heterocycles. The summed E-state index contributed by atoms with van der Waals surface area (Å²) in [5.41, 5.74) is 6.20. The number of nitro groups is 1. The lowest BCUT2D eigenvalue weighted by atomic mass is 10.1. The number of nitro benzene ring substituents is 1. The maximum absolute atomic E-state index is 13.4. The first-order chi connectivity index (χ1) is 21.1. The highest BCUT2D eigenvalue weighted by molar-refractivity contribution is 8.00. The van der Waals surface area contributed by atoms with Crippen LogP contribution in [0.4, 0.5) is 17.1 Å². The van der Waals surface area contributed by atoms with Crippen molar-refractivity contribution >= 4 is 58.5 Å². The zero-order valence-corrected chi connectivity index (χ0v) is 24.2. The van der Waals surface area contributed by atoms with E-state index in [0.29, 0.717) is 16.3 Å². The SMILES string of the molecule is CC(Sc1cccc(NC(=O)/C(=C\c2ccccc2[N+](=O)[O-])NC(=O)c2ccccc2)c1)C(=O)Nc1ccccc1C(N)=O. The largest absolute Gasteiger partial charge is 0.366 e. The maximum Gasteiger partial charge on any atom is 0.276 e. The Morgan fingerprint density at radius 3 is 2.27 bits per heavy atom. The van der Waals surface area contributed by atoms with Gasteiger partial charge in [-0.1, -0.05) is 48.5 Å². The van der Waals surface area contributed by atoms with Gasteiger partial charge >= 0.3 is 0 Å². The van der Waals surface area contributed by atoms with Gasteiger partial charge in [0.05, 0.1) is 27.0 Å². The third kappa shape index (κ3) is 8.17. The summed E-state index contributed by atoms with van der Waals surface area (Å²) in [7, 11) is 0. The number of thioether (sulfide) groups is 1. The fraction of sp³-hybridized carbons (Fsp3) is 0.0625. The number of nitrogens with one attached hydrogen (secondary N) is 3. The minimum absolute atomic E-state index is 0.123. The molecule has 4 rings (SSSR count). The molecule has 0 bridgehead atoms. The minimum atomic E-state index is -0.719. The van der Waals surface area contributed by atoms with Crippen molar-refractivity contribution in [1.82, 2.24) is 5.32 Å². The second-order valence-electron chi connectivity index (χ2n) is 9.34. The van der Waals surface area contributed by atoms with Crippen LogP contribution in [0.5, 0.6) is 0 Å². The number of primary amides is 1. The molecule has 0 fully saturated rings. The zero-order valence-electron chi connectivity index (χ0n) is 23.4. The Morgan fingerprint density at radius 2 is 1.55 bits per heavy atom. The number of carbonyl (C=O) groups excluding carboxylic acids is 4. The Bertz CT molecular complexity index is 1760. The van der Waals surface area contributed by atoms with Crippen LogP contribution in [0.1, 0.15) is 33.2 Å². The van der Waals surface area contributed by atoms with Crippen molar-refractivity contribution in [2.24, 2.45) is 5.73 Å². The van der Waals surface area contributed by atoms with Gasteiger partial charge < -0.3 is 21.7 Å². The molecular formula is C32H27N5O6S. The first-order valence-corrected chi connectivity index (χ1v) is 14.1. The van der Waals surface area contributed by atoms with Crippen LogP contribution >= 0.6 is 11.8 Å². The summed E-state index contributed by atoms with van der Waals surface area (Å²) in [4.78, 5) is 62.5. The van der Waals surface area contributed by atoms with Gasteiger partial charge in [0.1, 0.15) is 5.70 Å². The lowest BCUT2D eigenvalue weighted by Crippen LogP contribution is -2.30. The van der Waals surface area contributed by atoms with Gasteiger partial charge in [-0.25, -0.2) is 0 Å². The van der Waals surface area contributed by atoms with Crippen LogP contribution in [-0.4, -0.2) is 33.8 Å². The molecule has 0 aliphatic rings. The Balaban J connectivity index is 1.53. The first-order valence-electron chi connectivity index (χ1n) is 13.2. The zero-order chi connectivity index (χ0) is 31.6. The summed E-state index contributed by atoms with van der Waals surface area (Å²) in [5, 5.41) is 19.0. The number of nitrogens with two attached hydrogens (primary N) is 1. The summed E-state index contributed by atoms with van der Waals surface area (Å²) in [6.45, 7) is 1.69. The fourth-order valence-electron chi connectivity index (χ4n) is 4.02. The highest BCUT2D eigenvalue weighted by atomic mass is 32.2. The van der Waals surface area contributed by atoms with Crippen molar-refractivity contribution in [3.8, 4) is 0 Å². The van der Waals surface area contributed by atoms with E-state index in [1.54, 1.807) is 85.8 Å². The van der Waals surface area contributed by atoms with E-state index in [9.17, 15) is 29.3 Å². The third-order valence-electron chi connectivity index (χ3n) is 6.19. The molecule has 1 atom stereocenters. The topological polar surface area (TPSA) is 174 Å². The smallest absolute Gasteiger partial charge is 0.276 e. The van der Waals surface area contributed by atoms with E-state index in [-0.39, 0.29) is 34.0 Å². The molecule has 0 aliphatic carbocycles. The van der Waals surface area contributed by atoms with Crippen LogP contribution in [0.25, 0.3) is 6.08 Å². The Hall–Kier alpha value is -5.75. The average Bonchev–Trinajstić information content (AvgIpc) is 3.01. The normalized spacial score (nSPS) is 11.6. The number of nitrogens with zero attached hydrogens (tertiary/aromatic N) is 1. The first kappa shape index (κ1) is 31.2. The van der Waals surface area contributed by atoms with Crippen molar-refractivity contribution in [3.63, 3.8) is 0 Å². The molecular weight excluding hydrogens is 582 g/mol. The molecule has 5 N–H and O–H groups in total. The number of amides is 4. The van der Waals surface area contributed by atoms with E-state index in [1.165, 1.54) is 42.1 Å². The lowest BCUT2D eigenvalue weighted by Gasteiger charge is -2.15. The molecule has 4 aromatic rings. The molecule has 44 heavy (non-hydrogen) atoms. The van der Waals surface area contributed by atoms with E-state index in [2.05, 4.69) is 16.0 Å². The van der Waals surface area contributed by atoms with Crippen LogP contribution in [0, 0.1) is 10.1 Å². The predicted molar refractivity (Wildman–Crippen MR) is 169 cm³/mol. The van der Waals surface area contributed by atoms with Crippen LogP contribution in [-0.2, 0) is 9.59 Å². The molecule has 0 aliphatic heterocycles. The lowest BCUT2D eigenvalue weighted by molar-refractivity contribution is -0.385. The van der Waals surface area contributed by atoms with Gasteiger partial charge in [0.15, 0.2) is 0 Å². The molecule has 0 heterocycles. The maximum atomic E-state index is 13.4. The van der Waals surface area contributed by atoms with Gasteiger partial charge in [-0.15, -0.1) is 11.8 Å². The number of hydrogen-bond donors (Lipinski definition) is 4. The van der Waals surface area contributed by atoms with E-state index in [1.807, 2.05) is 0 Å². The van der Waals surface area contributed by atoms with Crippen molar-refractivity contribution in [2.75, 3.05) is 10.6 Å². The fourth-order valence-corrected chi connectivity index (χ4v) is 4.94. The second-order valence-corrected chi connectivity index (χ2v) is 10.7. The molecule has 0 radical (unpaired) electrons. The summed E-state index contributed by atoms with van der Waals surface area (Å²) >= 11 is 1.21. The molecule has 11 nitrogen and oxygen atoms in total. The number of rotatable bonds is 11. The van der Waals surface area contributed by atoms with Crippen molar-refractivity contribution in [3.05, 3.63) is 136 Å². The molecule has 12 heteroatoms. The standard InChI is InChI=1S/C32H27N5O6S/c1-20(30(39)35-26-16-7-6-15-25(26)29(33)38)44-24-14-9-13-23(19-24)34-32(41)27(36-31(40)21-10-3-2-4-11-21)18-22-12-5-8-17-28(22)37(42)43/h2-20H,1H3,(H2,33,38)(H,34,41)(H,35,39)(H,36,40)/b27-18+. The number of carbonyl (C=O) groups is 4. The molecule has 1 unspecified atom stereocenters. The van der Waals surface area contributed by atoms with Crippen LogP contribution in [0.15, 0.2) is 114 Å². The second kappa shape index (κ2) is 14.4. The van der Waals surface area contributed by atoms with Crippen LogP contribution in [0.2, 0.25) is 0 Å². The predicted octanol–water partition coefficient (Wildman–Crippen LogP) is 5.22. The van der Waals surface area contributed by atoms with E-state index >= 15 is 0 Å². The number of anilines is 2. The minimum Gasteiger partial charge on any atom is -0.366 e. The highest BCUT2D eigenvalue weighted by Crippen LogP contribution is 2.28. The van der Waals surface area contributed by atoms with Crippen molar-refractivity contribution in [1.29, 1.82) is 0 Å². The van der Waals surface area contributed by atoms with Gasteiger partial charge in [0, 0.05) is 22.2 Å². The van der Waals surface area contributed by atoms with Gasteiger partial charge in [0.25, 0.3) is 23.4 Å². The summed E-state index contributed by atoms with van der Waals surface area (Å²) in [6.07, 6.45) is 1.24. The van der Waals surface area contributed by atoms with Crippen LogP contribution in [0.3, 0.4) is 0 Å². The summed E-state index contributed by atoms with van der Waals surface area (Å²) < 4.78 is 0. The Kier molecular flexibility index (Phi) is 10.2. The van der Waals surface area contributed by atoms with E-state index in [4.69, 9.17) is 5.73 Å². The van der Waals surface area contributed by atoms with Gasteiger partial charge in [0.2, 0.25) is 5.91 Å². The Morgan fingerprint density at radius 1 is 0.864 bits per heavy atom. The average molecular weight is 610 g/mol. The molecule has 4 aromatic carbocycles. The molecule has 4 amide bonds. The Labute approximate surface area is 256 Å². The number of benzene rings is 4. The molecule has 0 saturated carbocycles. The number of para-hydroxylation sites is 2. The molecule has 222 valence electrons. The monoisotopic (exact) mass is 609 g/mol. The summed E-state index contributed by atoms with van der Waals surface area (Å²) in [5.74, 6) is -2.33. The third-order valence-corrected chi connectivity index (χ3v) is 7.28. The van der Waals surface area contributed by atoms with Gasteiger partial charge in [-0.3, -0.25) is 29.3 Å². The van der Waals surface area contributed by atoms with Crippen LogP contribution < -0.4 is 21.7 Å². The summed E-state index contributed by atoms with van der Waals surface area (Å²) in [6, 6.07) is 27.2. The number of hydrogen-bond acceptors (Lipinski definition) is 7. The highest BCUT2D eigenvalue weighted by Gasteiger charge is 2.20. The van der Waals surface area contributed by atoms with Gasteiger partial charge in [-0.2, -0.15) is 0 Å². The van der Waals surface area contributed by atoms with Crippen molar-refractivity contribution in [2.45, 2.75) is 17.1 Å². The van der Waals surface area contributed by atoms with Gasteiger partial charge in [-0.05, 0) is 61.5 Å². The molecule has 0 spiro atoms. The van der Waals surface area contributed by atoms with Crippen molar-refractivity contribution < 1.29 is 24.1 Å². The van der Waals surface area contributed by atoms with E-state index < -0.39 is 27.9 Å².